The molecular formula is C20H21N7O3S2. The van der Waals surface area contributed by atoms with Gasteiger partial charge >= 0.3 is 0 Å². The third kappa shape index (κ3) is 3.26. The molecule has 1 aliphatic heterocycles. The predicted octanol–water partition coefficient (Wildman–Crippen LogP) is 1.74. The van der Waals surface area contributed by atoms with Gasteiger partial charge in [-0.2, -0.15) is 18.2 Å². The van der Waals surface area contributed by atoms with E-state index in [9.17, 15) is 13.2 Å². The molecule has 1 aromatic carbocycles. The summed E-state index contributed by atoms with van der Waals surface area (Å²) in [6, 6.07) is 6.74. The van der Waals surface area contributed by atoms with Crippen LogP contribution in [0.5, 0.6) is 0 Å². The SMILES string of the molecule is Cc1cc(C(=O)N2CCN(S(=O)(=O)c3cccc4nsnc34)CC2)c2c(C)nn(C)c2n1. The minimum absolute atomic E-state index is 0.139. The van der Waals surface area contributed by atoms with Crippen molar-refractivity contribution in [3.8, 4) is 0 Å². The molecule has 0 N–H and O–H groups in total. The van der Waals surface area contributed by atoms with Gasteiger partial charge in [-0.1, -0.05) is 6.07 Å². The van der Waals surface area contributed by atoms with Gasteiger partial charge in [-0.05, 0) is 32.0 Å². The number of carbonyl (C=O) groups is 1. The van der Waals surface area contributed by atoms with Crippen LogP contribution >= 0.6 is 11.7 Å². The first-order valence-electron chi connectivity index (χ1n) is 10.1. The van der Waals surface area contributed by atoms with Crippen LogP contribution in [0, 0.1) is 13.8 Å². The fraction of sp³-hybridized carbons (Fsp3) is 0.350. The van der Waals surface area contributed by atoms with Crippen LogP contribution in [0.2, 0.25) is 0 Å². The molecule has 0 unspecified atom stereocenters. The predicted molar refractivity (Wildman–Crippen MR) is 120 cm³/mol. The molecule has 4 heterocycles. The summed E-state index contributed by atoms with van der Waals surface area (Å²) < 4.78 is 37.9. The first-order chi connectivity index (χ1) is 15.3. The number of nitrogens with zero attached hydrogens (tertiary/aromatic N) is 7. The minimum Gasteiger partial charge on any atom is -0.336 e. The van der Waals surface area contributed by atoms with E-state index in [2.05, 4.69) is 18.8 Å². The number of rotatable bonds is 3. The lowest BCUT2D eigenvalue weighted by atomic mass is 10.1. The summed E-state index contributed by atoms with van der Waals surface area (Å²) in [5.74, 6) is -0.139. The number of aromatic nitrogens is 5. The van der Waals surface area contributed by atoms with E-state index in [0.29, 0.717) is 35.3 Å². The maximum absolute atomic E-state index is 13.4. The van der Waals surface area contributed by atoms with Crippen molar-refractivity contribution in [1.29, 1.82) is 0 Å². The van der Waals surface area contributed by atoms with Gasteiger partial charge in [-0.15, -0.1) is 0 Å². The van der Waals surface area contributed by atoms with E-state index in [-0.39, 0.29) is 23.9 Å². The van der Waals surface area contributed by atoms with E-state index < -0.39 is 10.0 Å². The highest BCUT2D eigenvalue weighted by molar-refractivity contribution is 7.89. The number of amides is 1. The molecule has 166 valence electrons. The van der Waals surface area contributed by atoms with Crippen molar-refractivity contribution in [2.24, 2.45) is 7.05 Å². The van der Waals surface area contributed by atoms with Gasteiger partial charge in [-0.3, -0.25) is 9.48 Å². The minimum atomic E-state index is -3.74. The molecule has 0 saturated carbocycles. The fourth-order valence-electron chi connectivity index (χ4n) is 4.17. The Morgan fingerprint density at radius 1 is 1.09 bits per heavy atom. The Balaban J connectivity index is 1.40. The zero-order valence-corrected chi connectivity index (χ0v) is 19.4. The standard InChI is InChI=1S/C20H21N7O3S2/c1-12-11-14(17-13(2)22-25(3)19(17)21-12)20(28)26-7-9-27(10-8-26)32(29,30)16-6-4-5-15-18(16)24-31-23-15/h4-6,11H,7-10H2,1-3H3. The zero-order chi connectivity index (χ0) is 22.6. The van der Waals surface area contributed by atoms with Crippen molar-refractivity contribution in [2.45, 2.75) is 18.7 Å². The first-order valence-corrected chi connectivity index (χ1v) is 12.3. The Bertz CT molecular complexity index is 1470. The summed E-state index contributed by atoms with van der Waals surface area (Å²) in [6.45, 7) is 4.71. The average Bonchev–Trinajstić information content (AvgIpc) is 3.37. The summed E-state index contributed by atoms with van der Waals surface area (Å²) >= 11 is 0.989. The smallest absolute Gasteiger partial charge is 0.254 e. The maximum atomic E-state index is 13.4. The van der Waals surface area contributed by atoms with E-state index >= 15 is 0 Å². The highest BCUT2D eigenvalue weighted by Crippen LogP contribution is 2.27. The third-order valence-corrected chi connectivity index (χ3v) is 8.19. The van der Waals surface area contributed by atoms with Gasteiger partial charge in [0.05, 0.1) is 28.4 Å². The summed E-state index contributed by atoms with van der Waals surface area (Å²) in [4.78, 5) is 19.7. The maximum Gasteiger partial charge on any atom is 0.254 e. The molecule has 3 aromatic heterocycles. The van der Waals surface area contributed by atoms with Gasteiger partial charge in [0.2, 0.25) is 10.0 Å². The average molecular weight is 472 g/mol. The molecule has 5 rings (SSSR count). The first kappa shape index (κ1) is 20.9. The number of hydrogen-bond acceptors (Lipinski definition) is 8. The molecule has 0 aliphatic carbocycles. The Hall–Kier alpha value is -2.96. The van der Waals surface area contributed by atoms with E-state index in [1.807, 2.05) is 13.8 Å². The van der Waals surface area contributed by atoms with Crippen LogP contribution in [0.25, 0.3) is 22.1 Å². The van der Waals surface area contributed by atoms with Gasteiger partial charge in [0, 0.05) is 38.9 Å². The Kier molecular flexibility index (Phi) is 4.95. The lowest BCUT2D eigenvalue weighted by Gasteiger charge is -2.34. The van der Waals surface area contributed by atoms with Gasteiger partial charge in [-0.25, -0.2) is 13.4 Å². The number of carbonyl (C=O) groups excluding carboxylic acids is 1. The van der Waals surface area contributed by atoms with Crippen molar-refractivity contribution in [3.63, 3.8) is 0 Å². The molecule has 4 aromatic rings. The Morgan fingerprint density at radius 3 is 2.59 bits per heavy atom. The van der Waals surface area contributed by atoms with E-state index in [1.54, 1.807) is 40.9 Å². The number of sulfonamides is 1. The molecule has 32 heavy (non-hydrogen) atoms. The van der Waals surface area contributed by atoms with Crippen LogP contribution in [0.15, 0.2) is 29.2 Å². The van der Waals surface area contributed by atoms with Gasteiger partial charge in [0.25, 0.3) is 5.91 Å². The quantitative estimate of drug-likeness (QED) is 0.447. The van der Waals surface area contributed by atoms with Crippen molar-refractivity contribution in [2.75, 3.05) is 26.2 Å². The van der Waals surface area contributed by atoms with Crippen molar-refractivity contribution in [3.05, 3.63) is 41.2 Å². The van der Waals surface area contributed by atoms with Gasteiger partial charge in [0.15, 0.2) is 5.65 Å². The summed E-state index contributed by atoms with van der Waals surface area (Å²) in [5, 5.41) is 5.14. The van der Waals surface area contributed by atoms with Gasteiger partial charge in [0.1, 0.15) is 15.9 Å². The number of hydrogen-bond donors (Lipinski definition) is 0. The number of benzene rings is 1. The number of fused-ring (bicyclic) bond motifs is 2. The molecule has 0 spiro atoms. The number of pyridine rings is 1. The van der Waals surface area contributed by atoms with Crippen LogP contribution in [-0.2, 0) is 17.1 Å². The van der Waals surface area contributed by atoms with E-state index in [0.717, 1.165) is 28.5 Å². The second-order valence-electron chi connectivity index (χ2n) is 7.80. The van der Waals surface area contributed by atoms with Crippen LogP contribution in [0.1, 0.15) is 21.7 Å². The fourth-order valence-corrected chi connectivity index (χ4v) is 6.34. The molecule has 12 heteroatoms. The van der Waals surface area contributed by atoms with Crippen LogP contribution in [0.4, 0.5) is 0 Å². The van der Waals surface area contributed by atoms with E-state index in [4.69, 9.17) is 0 Å². The topological polar surface area (TPSA) is 114 Å². The largest absolute Gasteiger partial charge is 0.336 e. The second-order valence-corrected chi connectivity index (χ2v) is 10.2. The third-order valence-electron chi connectivity index (χ3n) is 5.72. The highest BCUT2D eigenvalue weighted by Gasteiger charge is 2.33. The van der Waals surface area contributed by atoms with E-state index in [1.165, 1.54) is 4.31 Å². The summed E-state index contributed by atoms with van der Waals surface area (Å²) in [6.07, 6.45) is 0. The lowest BCUT2D eigenvalue weighted by Crippen LogP contribution is -2.50. The van der Waals surface area contributed by atoms with Gasteiger partial charge < -0.3 is 4.90 Å². The molecule has 10 nitrogen and oxygen atoms in total. The Labute approximate surface area is 188 Å². The molecule has 0 bridgehead atoms. The van der Waals surface area contributed by atoms with Crippen molar-refractivity contribution in [1.82, 2.24) is 32.7 Å². The van der Waals surface area contributed by atoms with Crippen LogP contribution < -0.4 is 0 Å². The zero-order valence-electron chi connectivity index (χ0n) is 17.8. The highest BCUT2D eigenvalue weighted by atomic mass is 32.2. The van der Waals surface area contributed by atoms with Crippen molar-refractivity contribution < 1.29 is 13.2 Å². The lowest BCUT2D eigenvalue weighted by molar-refractivity contribution is 0.0699. The molecule has 1 saturated heterocycles. The molecular weight excluding hydrogens is 450 g/mol. The summed E-state index contributed by atoms with van der Waals surface area (Å²) in [5.41, 5.74) is 3.64. The number of piperazine rings is 1. The summed E-state index contributed by atoms with van der Waals surface area (Å²) in [7, 11) is -1.94. The Morgan fingerprint density at radius 2 is 1.84 bits per heavy atom. The monoisotopic (exact) mass is 471 g/mol. The molecule has 0 radical (unpaired) electrons. The molecule has 0 atom stereocenters. The van der Waals surface area contributed by atoms with Crippen LogP contribution in [-0.4, -0.2) is 73.2 Å². The molecule has 1 fully saturated rings. The normalized spacial score (nSPS) is 15.7. The molecule has 1 amide bonds. The van der Waals surface area contributed by atoms with Crippen LogP contribution in [0.3, 0.4) is 0 Å². The number of aryl methyl sites for hydroxylation is 3. The van der Waals surface area contributed by atoms with Crippen molar-refractivity contribution >= 4 is 49.7 Å². The molecule has 1 aliphatic rings. The second kappa shape index (κ2) is 7.57.